The molecule has 0 saturated carbocycles. The van der Waals surface area contributed by atoms with E-state index in [1.54, 1.807) is 44.2 Å². The molecule has 1 aliphatic rings. The van der Waals surface area contributed by atoms with E-state index < -0.39 is 47.3 Å². The molecule has 66 heavy (non-hydrogen) atoms. The fourth-order valence-corrected chi connectivity index (χ4v) is 7.95. The molecule has 3 aromatic carbocycles. The Kier molecular flexibility index (Phi) is 18.9. The Morgan fingerprint density at radius 2 is 1.62 bits per heavy atom. The van der Waals surface area contributed by atoms with Crippen molar-refractivity contribution in [3.63, 3.8) is 0 Å². The van der Waals surface area contributed by atoms with Crippen LogP contribution in [0, 0.1) is 30.1 Å². The van der Waals surface area contributed by atoms with Gasteiger partial charge in [-0.1, -0.05) is 44.5 Å². The number of nitrogens with one attached hydrogen (secondary N) is 1. The number of carbonyl (C=O) groups is 5. The number of amides is 2. The first-order valence-electron chi connectivity index (χ1n) is 22.6. The van der Waals surface area contributed by atoms with E-state index in [0.29, 0.717) is 45.2 Å². The number of nitriles is 1. The molecule has 16 heteroatoms. The number of carbonyl (C=O) groups excluding carboxylic acids is 5. The Labute approximate surface area is 386 Å². The molecule has 350 valence electrons. The Balaban J connectivity index is 1.51. The highest BCUT2D eigenvalue weighted by Gasteiger charge is 2.36. The number of benzene rings is 3. The molecule has 5 rings (SSSR count). The van der Waals surface area contributed by atoms with Crippen molar-refractivity contribution in [3.05, 3.63) is 94.8 Å². The number of unbranched alkanes of at least 4 members (excludes halogenated alkanes) is 1. The van der Waals surface area contributed by atoms with Crippen LogP contribution in [0.4, 0.5) is 0 Å². The monoisotopic (exact) mass is 902 g/mol. The van der Waals surface area contributed by atoms with Crippen LogP contribution in [0.15, 0.2) is 66.9 Å². The summed E-state index contributed by atoms with van der Waals surface area (Å²) in [6, 6.07) is 17.9. The first kappa shape index (κ1) is 50.5. The molecule has 1 aromatic heterocycles. The Morgan fingerprint density at radius 3 is 2.26 bits per heavy atom. The smallest absolute Gasteiger partial charge is 0.322 e. The Bertz CT molecular complexity index is 2380. The van der Waals surface area contributed by atoms with Gasteiger partial charge in [-0.3, -0.25) is 24.0 Å². The summed E-state index contributed by atoms with van der Waals surface area (Å²) in [4.78, 5) is 80.7. The predicted molar refractivity (Wildman–Crippen MR) is 249 cm³/mol. The lowest BCUT2D eigenvalue weighted by Gasteiger charge is -2.32. The number of nitrogens with two attached hydrogens (primary N) is 3. The van der Waals surface area contributed by atoms with Gasteiger partial charge in [-0.25, -0.2) is 4.98 Å². The molecular formula is C50H62N8O8. The molecule has 2 amide bonds. The average molecular weight is 903 g/mol. The van der Waals surface area contributed by atoms with E-state index in [0.717, 1.165) is 19.3 Å². The molecule has 0 spiro atoms. The molecule has 0 fully saturated rings. The van der Waals surface area contributed by atoms with Crippen LogP contribution in [-0.4, -0.2) is 90.0 Å². The number of Topliss-reactive ketones (excluding diaryl/α,β-unsaturated/α-hetero) is 3. The largest absolute Gasteiger partial charge is 0.492 e. The molecule has 0 saturated heterocycles. The van der Waals surface area contributed by atoms with Gasteiger partial charge in [0.1, 0.15) is 36.5 Å². The van der Waals surface area contributed by atoms with Crippen molar-refractivity contribution in [1.82, 2.24) is 20.2 Å². The topological polar surface area (TPSA) is 256 Å². The lowest BCUT2D eigenvalue weighted by molar-refractivity contribution is -0.142. The first-order valence-corrected chi connectivity index (χ1v) is 22.6. The summed E-state index contributed by atoms with van der Waals surface area (Å²) in [5.41, 5.74) is 21.6. The number of aryl methyl sites for hydroxylation is 2. The van der Waals surface area contributed by atoms with Gasteiger partial charge in [0.25, 0.3) is 0 Å². The lowest BCUT2D eigenvalue weighted by Crippen LogP contribution is -2.46. The van der Waals surface area contributed by atoms with Crippen molar-refractivity contribution in [2.75, 3.05) is 39.9 Å². The van der Waals surface area contributed by atoms with E-state index >= 15 is 0 Å². The van der Waals surface area contributed by atoms with Crippen LogP contribution in [0.25, 0.3) is 11.1 Å². The van der Waals surface area contributed by atoms with Crippen molar-refractivity contribution in [1.29, 1.82) is 5.26 Å². The summed E-state index contributed by atoms with van der Waals surface area (Å²) in [6.07, 6.45) is 4.08. The number of nitrogens with zero attached hydrogens (tertiary/aromatic N) is 4. The van der Waals surface area contributed by atoms with Gasteiger partial charge in [0.2, 0.25) is 11.8 Å². The molecule has 0 aliphatic carbocycles. The molecule has 4 atom stereocenters. The van der Waals surface area contributed by atoms with Gasteiger partial charge in [0.05, 0.1) is 23.4 Å². The third-order valence-electron chi connectivity index (χ3n) is 11.5. The van der Waals surface area contributed by atoms with Crippen molar-refractivity contribution >= 4 is 29.2 Å². The third-order valence-corrected chi connectivity index (χ3v) is 11.5. The molecule has 4 aromatic rings. The molecule has 0 unspecified atom stereocenters. The zero-order valence-corrected chi connectivity index (χ0v) is 38.3. The lowest BCUT2D eigenvalue weighted by atomic mass is 9.88. The van der Waals surface area contributed by atoms with Crippen molar-refractivity contribution < 1.29 is 38.2 Å². The predicted octanol–water partition coefficient (Wildman–Crippen LogP) is 5.51. The molecule has 0 radical (unpaired) electrons. The second-order valence-electron chi connectivity index (χ2n) is 16.6. The minimum atomic E-state index is -1.25. The van der Waals surface area contributed by atoms with Crippen LogP contribution in [0.2, 0.25) is 0 Å². The van der Waals surface area contributed by atoms with E-state index in [-0.39, 0.29) is 88.7 Å². The second kappa shape index (κ2) is 24.7. The van der Waals surface area contributed by atoms with Crippen LogP contribution in [-0.2, 0) is 32.0 Å². The summed E-state index contributed by atoms with van der Waals surface area (Å²) < 4.78 is 18.1. The quantitative estimate of drug-likeness (QED) is 0.0753. The van der Waals surface area contributed by atoms with Crippen LogP contribution in [0.5, 0.6) is 23.3 Å². The number of aromatic nitrogens is 2. The maximum atomic E-state index is 14.7. The normalized spacial score (nSPS) is 16.5. The molecule has 4 bridgehead atoms. The van der Waals surface area contributed by atoms with E-state index in [1.807, 2.05) is 36.4 Å². The van der Waals surface area contributed by atoms with Crippen molar-refractivity contribution in [2.24, 2.45) is 29.0 Å². The number of ketones is 3. The summed E-state index contributed by atoms with van der Waals surface area (Å²) in [6.45, 7) is 6.21. The first-order chi connectivity index (χ1) is 31.8. The fourth-order valence-electron chi connectivity index (χ4n) is 7.95. The van der Waals surface area contributed by atoms with Crippen LogP contribution >= 0.6 is 0 Å². The number of rotatable bonds is 21. The highest BCUT2D eigenvalue weighted by molar-refractivity contribution is 6.00. The number of fused-ring (bicyclic) bond motifs is 5. The minimum Gasteiger partial charge on any atom is -0.492 e. The maximum Gasteiger partial charge on any atom is 0.322 e. The van der Waals surface area contributed by atoms with Crippen molar-refractivity contribution in [3.8, 4) is 40.5 Å². The maximum absolute atomic E-state index is 14.7. The molecule has 2 heterocycles. The molecule has 16 nitrogen and oxygen atoms in total. The zero-order chi connectivity index (χ0) is 47.8. The highest BCUT2D eigenvalue weighted by atomic mass is 16.5. The van der Waals surface area contributed by atoms with Crippen LogP contribution in [0.3, 0.4) is 0 Å². The summed E-state index contributed by atoms with van der Waals surface area (Å²) in [5, 5.41) is 12.1. The van der Waals surface area contributed by atoms with Gasteiger partial charge in [-0.05, 0) is 92.2 Å². The van der Waals surface area contributed by atoms with Crippen LogP contribution < -0.4 is 36.7 Å². The van der Waals surface area contributed by atoms with Crippen molar-refractivity contribution in [2.45, 2.75) is 90.6 Å². The SMILES string of the molecule is CCCCc1ccc(Oc2ncc(C(=O)C[C@@H](CCN)C(=O)N(C)[C@@H]3C(=O)C[C@@H](C)C(=O)N[C@H](C(=O)CCC#N)Cc4ccc(OCCN)c(c4)-c4cc3ccc4OCCN)c(C)n2)cc1. The third kappa shape index (κ3) is 13.3. The number of hydrogen-bond acceptors (Lipinski definition) is 14. The molecular weight excluding hydrogens is 841 g/mol. The van der Waals surface area contributed by atoms with Gasteiger partial charge in [-0.2, -0.15) is 10.2 Å². The average Bonchev–Trinajstić information content (AvgIpc) is 3.31. The Hall–Kier alpha value is -6.54. The standard InChI is InChI=1S/C50H62N8O8/c1-5-6-8-33-10-14-37(15-11-33)66-50-55-30-40(32(3)56-50)43(60)29-36(18-20-52)49(63)58(4)47-35-13-17-46(65-24-22-54)39(28-35)38-26-34(12-16-45(38)64-23-21-53)27-41(42(59)9-7-19-51)57-48(62)31(2)25-44(47)61/h10-17,26,28,30-31,36,41,47H,5-9,18,20-25,27,29,52-54H2,1-4H3,(H,57,62)/t31-,36-,41+,47+/m1/s1. The summed E-state index contributed by atoms with van der Waals surface area (Å²) in [5.74, 6) is -2.74. The van der Waals surface area contributed by atoms with E-state index in [4.69, 9.17) is 31.4 Å². The van der Waals surface area contributed by atoms with Gasteiger partial charge < -0.3 is 41.6 Å². The zero-order valence-electron chi connectivity index (χ0n) is 38.3. The van der Waals surface area contributed by atoms with Gasteiger partial charge in [-0.15, -0.1) is 0 Å². The minimum absolute atomic E-state index is 0.0346. The second-order valence-corrected chi connectivity index (χ2v) is 16.6. The highest BCUT2D eigenvalue weighted by Crippen LogP contribution is 2.41. The summed E-state index contributed by atoms with van der Waals surface area (Å²) >= 11 is 0. The van der Waals surface area contributed by atoms with Gasteiger partial charge >= 0.3 is 6.01 Å². The molecule has 1 aliphatic heterocycles. The summed E-state index contributed by atoms with van der Waals surface area (Å²) in [7, 11) is 1.49. The van der Waals surface area contributed by atoms with E-state index in [1.165, 1.54) is 23.7 Å². The number of ether oxygens (including phenoxy) is 3. The van der Waals surface area contributed by atoms with E-state index in [9.17, 15) is 29.2 Å². The Morgan fingerprint density at radius 1 is 0.939 bits per heavy atom. The van der Waals surface area contributed by atoms with Gasteiger partial charge in [0, 0.05) is 75.0 Å². The molecule has 7 N–H and O–H groups in total. The number of likely N-dealkylation sites (N-methyl/N-ethyl adjacent to an activating group) is 1. The van der Waals surface area contributed by atoms with Gasteiger partial charge in [0.15, 0.2) is 17.3 Å². The van der Waals surface area contributed by atoms with Crippen LogP contribution in [0.1, 0.15) is 97.6 Å². The fraction of sp³-hybridized carbons (Fsp3) is 0.440. The number of hydrogen-bond donors (Lipinski definition) is 4. The van der Waals surface area contributed by atoms with E-state index in [2.05, 4.69) is 22.2 Å².